The summed E-state index contributed by atoms with van der Waals surface area (Å²) in [5.41, 5.74) is 5.64. The van der Waals surface area contributed by atoms with E-state index >= 15 is 0 Å². The molecule has 5 rings (SSSR count). The molecule has 4 aromatic rings. The molecule has 7 nitrogen and oxygen atoms in total. The van der Waals surface area contributed by atoms with E-state index in [2.05, 4.69) is 0 Å². The van der Waals surface area contributed by atoms with Crippen LogP contribution in [0, 0.1) is 0 Å². The van der Waals surface area contributed by atoms with E-state index in [9.17, 15) is 4.79 Å². The highest BCUT2D eigenvalue weighted by Crippen LogP contribution is 2.42. The Labute approximate surface area is 246 Å². The Morgan fingerprint density at radius 3 is 1.79 bits per heavy atom. The summed E-state index contributed by atoms with van der Waals surface area (Å²) in [4.78, 5) is 14.6. The van der Waals surface area contributed by atoms with E-state index in [1.165, 1.54) is 0 Å². The van der Waals surface area contributed by atoms with E-state index < -0.39 is 0 Å². The Bertz CT molecular complexity index is 1540. The van der Waals surface area contributed by atoms with E-state index in [4.69, 9.17) is 23.7 Å². The Hall–Kier alpha value is -4.91. The maximum atomic E-state index is 12.8. The number of methoxy groups -OCH3 is 3. The van der Waals surface area contributed by atoms with Gasteiger partial charge in [0, 0.05) is 19.0 Å². The lowest BCUT2D eigenvalue weighted by molar-refractivity contribution is -0.125. The van der Waals surface area contributed by atoms with Gasteiger partial charge >= 0.3 is 0 Å². The average molecular weight is 566 g/mol. The molecule has 0 saturated carbocycles. The van der Waals surface area contributed by atoms with Crippen molar-refractivity contribution in [3.8, 4) is 28.7 Å². The summed E-state index contributed by atoms with van der Waals surface area (Å²) >= 11 is 0. The molecule has 0 bridgehead atoms. The average Bonchev–Trinajstić information content (AvgIpc) is 3.03. The molecule has 0 aliphatic carbocycles. The molecule has 7 heteroatoms. The van der Waals surface area contributed by atoms with E-state index in [-0.39, 0.29) is 5.91 Å². The SMILES string of the molecule is COc1cc(/C=C2\c3cc(OCc4ccccc4)c(OCc4ccccc4)cc3CCN2C(C)=O)cc(OC)c1OC. The lowest BCUT2D eigenvalue weighted by atomic mass is 9.94. The van der Waals surface area contributed by atoms with Gasteiger partial charge in [0.1, 0.15) is 13.2 Å². The first kappa shape index (κ1) is 28.6. The molecule has 1 aliphatic rings. The fourth-order valence-corrected chi connectivity index (χ4v) is 5.07. The highest BCUT2D eigenvalue weighted by atomic mass is 16.5. The number of fused-ring (bicyclic) bond motifs is 1. The summed E-state index contributed by atoms with van der Waals surface area (Å²) in [6, 6.07) is 27.8. The number of hydrogen-bond acceptors (Lipinski definition) is 6. The van der Waals surface area contributed by atoms with Crippen LogP contribution >= 0.6 is 0 Å². The molecule has 0 saturated heterocycles. The molecule has 0 N–H and O–H groups in total. The summed E-state index contributed by atoms with van der Waals surface area (Å²) in [6.07, 6.45) is 2.65. The largest absolute Gasteiger partial charge is 0.493 e. The maximum absolute atomic E-state index is 12.8. The van der Waals surface area contributed by atoms with Crippen LogP contribution in [0.4, 0.5) is 0 Å². The van der Waals surface area contributed by atoms with Gasteiger partial charge in [0.25, 0.3) is 0 Å². The zero-order valence-corrected chi connectivity index (χ0v) is 24.4. The van der Waals surface area contributed by atoms with Gasteiger partial charge < -0.3 is 28.6 Å². The minimum absolute atomic E-state index is 0.0458. The van der Waals surface area contributed by atoms with Crippen molar-refractivity contribution in [3.05, 3.63) is 113 Å². The molecule has 0 radical (unpaired) electrons. The number of rotatable bonds is 10. The summed E-state index contributed by atoms with van der Waals surface area (Å²) in [5.74, 6) is 2.80. The zero-order valence-electron chi connectivity index (χ0n) is 24.4. The molecule has 1 heterocycles. The van der Waals surface area contributed by atoms with Gasteiger partial charge in [-0.1, -0.05) is 60.7 Å². The zero-order chi connectivity index (χ0) is 29.5. The van der Waals surface area contributed by atoms with E-state index in [1.807, 2.05) is 91.0 Å². The van der Waals surface area contributed by atoms with Gasteiger partial charge in [-0.25, -0.2) is 0 Å². The molecule has 0 unspecified atom stereocenters. The van der Waals surface area contributed by atoms with Crippen molar-refractivity contribution in [2.24, 2.45) is 0 Å². The fourth-order valence-electron chi connectivity index (χ4n) is 5.07. The first-order valence-corrected chi connectivity index (χ1v) is 13.8. The molecule has 1 amide bonds. The number of carbonyl (C=O) groups excluding carboxylic acids is 1. The number of hydrogen-bond donors (Lipinski definition) is 0. The van der Waals surface area contributed by atoms with Gasteiger partial charge in [-0.05, 0) is 59.0 Å². The number of amides is 1. The van der Waals surface area contributed by atoms with Crippen molar-refractivity contribution in [2.45, 2.75) is 26.6 Å². The van der Waals surface area contributed by atoms with Crippen LogP contribution < -0.4 is 23.7 Å². The monoisotopic (exact) mass is 565 g/mol. The first-order chi connectivity index (χ1) is 20.5. The summed E-state index contributed by atoms with van der Waals surface area (Å²) < 4.78 is 29.3. The van der Waals surface area contributed by atoms with Gasteiger partial charge in [0.2, 0.25) is 11.7 Å². The highest BCUT2D eigenvalue weighted by Gasteiger charge is 2.27. The number of carbonyl (C=O) groups is 1. The third-order valence-electron chi connectivity index (χ3n) is 7.19. The second kappa shape index (κ2) is 13.2. The van der Waals surface area contributed by atoms with Crippen LogP contribution in [0.2, 0.25) is 0 Å². The predicted molar refractivity (Wildman–Crippen MR) is 163 cm³/mol. The second-order valence-corrected chi connectivity index (χ2v) is 9.91. The minimum atomic E-state index is -0.0458. The summed E-state index contributed by atoms with van der Waals surface area (Å²) in [5, 5.41) is 0. The van der Waals surface area contributed by atoms with E-state index in [0.717, 1.165) is 33.5 Å². The van der Waals surface area contributed by atoms with Crippen LogP contribution in [0.3, 0.4) is 0 Å². The minimum Gasteiger partial charge on any atom is -0.493 e. The van der Waals surface area contributed by atoms with Crippen LogP contribution in [0.5, 0.6) is 28.7 Å². The van der Waals surface area contributed by atoms with Crippen molar-refractivity contribution >= 4 is 17.7 Å². The quantitative estimate of drug-likeness (QED) is 0.211. The Balaban J connectivity index is 1.59. The van der Waals surface area contributed by atoms with Crippen molar-refractivity contribution in [2.75, 3.05) is 27.9 Å². The van der Waals surface area contributed by atoms with Gasteiger partial charge in [0.05, 0.1) is 27.0 Å². The molecule has 0 aromatic heterocycles. The molecule has 0 fully saturated rings. The highest BCUT2D eigenvalue weighted by molar-refractivity contribution is 5.94. The maximum Gasteiger partial charge on any atom is 0.223 e. The smallest absolute Gasteiger partial charge is 0.223 e. The van der Waals surface area contributed by atoms with E-state index in [1.54, 1.807) is 33.2 Å². The summed E-state index contributed by atoms with van der Waals surface area (Å²) in [6.45, 7) is 2.91. The predicted octanol–water partition coefficient (Wildman–Crippen LogP) is 6.77. The van der Waals surface area contributed by atoms with E-state index in [0.29, 0.717) is 54.9 Å². The van der Waals surface area contributed by atoms with Crippen LogP contribution in [0.15, 0.2) is 84.9 Å². The van der Waals surface area contributed by atoms with Gasteiger partial charge in [0.15, 0.2) is 23.0 Å². The van der Waals surface area contributed by atoms with Crippen LogP contribution in [0.1, 0.15) is 34.7 Å². The molecular formula is C35H35NO6. The van der Waals surface area contributed by atoms with Gasteiger partial charge in [-0.3, -0.25) is 4.79 Å². The molecule has 216 valence electrons. The third-order valence-corrected chi connectivity index (χ3v) is 7.19. The molecule has 0 spiro atoms. The number of nitrogens with zero attached hydrogens (tertiary/aromatic N) is 1. The topological polar surface area (TPSA) is 66.5 Å². The normalized spacial score (nSPS) is 13.3. The third kappa shape index (κ3) is 6.36. The van der Waals surface area contributed by atoms with Crippen molar-refractivity contribution in [3.63, 3.8) is 0 Å². The van der Waals surface area contributed by atoms with Crippen LogP contribution in [-0.4, -0.2) is 38.7 Å². The lowest BCUT2D eigenvalue weighted by Gasteiger charge is -2.32. The van der Waals surface area contributed by atoms with Gasteiger partial charge in [-0.15, -0.1) is 0 Å². The fraction of sp³-hybridized carbons (Fsp3) is 0.229. The Kier molecular flexibility index (Phi) is 8.97. The molecule has 42 heavy (non-hydrogen) atoms. The molecule has 1 aliphatic heterocycles. The second-order valence-electron chi connectivity index (χ2n) is 9.91. The first-order valence-electron chi connectivity index (χ1n) is 13.8. The van der Waals surface area contributed by atoms with Crippen molar-refractivity contribution in [1.29, 1.82) is 0 Å². The van der Waals surface area contributed by atoms with Crippen molar-refractivity contribution in [1.82, 2.24) is 4.90 Å². The van der Waals surface area contributed by atoms with Crippen molar-refractivity contribution < 1.29 is 28.5 Å². The van der Waals surface area contributed by atoms with Gasteiger partial charge in [-0.2, -0.15) is 0 Å². The standard InChI is InChI=1S/C35H35NO6/c1-24(37)36-16-15-28-20-31(41-22-25-11-7-5-8-12-25)32(42-23-26-13-9-6-10-14-26)21-29(28)30(36)17-27-18-33(38-2)35(40-4)34(19-27)39-3/h5-14,17-21H,15-16,22-23H2,1-4H3/b30-17+. The molecular weight excluding hydrogens is 530 g/mol. The van der Waals surface area contributed by atoms with Crippen LogP contribution in [-0.2, 0) is 24.4 Å². The van der Waals surface area contributed by atoms with Crippen LogP contribution in [0.25, 0.3) is 11.8 Å². The Morgan fingerprint density at radius 1 is 0.738 bits per heavy atom. The molecule has 0 atom stereocenters. The Morgan fingerprint density at radius 2 is 1.29 bits per heavy atom. The molecule has 4 aromatic carbocycles. The number of ether oxygens (including phenoxy) is 5. The summed E-state index contributed by atoms with van der Waals surface area (Å²) in [7, 11) is 4.74. The lowest BCUT2D eigenvalue weighted by Crippen LogP contribution is -2.33. The number of benzene rings is 4.